The minimum Gasteiger partial charge on any atom is -0.310 e. The molecule has 0 fully saturated rings. The molecule has 1 aliphatic rings. The molecule has 0 N–H and O–H groups in total. The summed E-state index contributed by atoms with van der Waals surface area (Å²) in [7, 11) is 0. The maximum absolute atomic E-state index is 2.48. The number of anilines is 6. The van der Waals surface area contributed by atoms with E-state index in [1.54, 1.807) is 0 Å². The second kappa shape index (κ2) is 13.9. The van der Waals surface area contributed by atoms with E-state index >= 15 is 0 Å². The van der Waals surface area contributed by atoms with Gasteiger partial charge in [0.1, 0.15) is 0 Å². The van der Waals surface area contributed by atoms with E-state index in [1.807, 2.05) is 0 Å². The van der Waals surface area contributed by atoms with E-state index in [0.29, 0.717) is 0 Å². The molecule has 10 aromatic carbocycles. The van der Waals surface area contributed by atoms with E-state index in [1.165, 1.54) is 65.7 Å². The van der Waals surface area contributed by atoms with Gasteiger partial charge in [-0.2, -0.15) is 0 Å². The van der Waals surface area contributed by atoms with Crippen molar-refractivity contribution in [1.29, 1.82) is 0 Å². The van der Waals surface area contributed by atoms with Crippen LogP contribution in [0.4, 0.5) is 34.1 Å². The zero-order valence-corrected chi connectivity index (χ0v) is 33.2. The molecule has 0 aromatic heterocycles. The smallest absolute Gasteiger partial charge is 0.0540 e. The predicted octanol–water partition coefficient (Wildman–Crippen LogP) is 16.1. The first kappa shape index (κ1) is 34.8. The van der Waals surface area contributed by atoms with Crippen LogP contribution in [0.3, 0.4) is 0 Å². The molecule has 2 nitrogen and oxygen atoms in total. The van der Waals surface area contributed by atoms with Crippen LogP contribution in [0.1, 0.15) is 25.0 Å². The maximum Gasteiger partial charge on any atom is 0.0540 e. The van der Waals surface area contributed by atoms with Gasteiger partial charge in [0, 0.05) is 38.9 Å². The molecule has 0 heterocycles. The number of benzene rings is 10. The number of rotatable bonds is 7. The predicted molar refractivity (Wildman–Crippen MR) is 251 cm³/mol. The van der Waals surface area contributed by atoms with E-state index in [2.05, 4.69) is 242 Å². The van der Waals surface area contributed by atoms with Crippen LogP contribution >= 0.6 is 0 Å². The van der Waals surface area contributed by atoms with E-state index in [0.717, 1.165) is 34.1 Å². The highest BCUT2D eigenvalue weighted by atomic mass is 15.1. The van der Waals surface area contributed by atoms with Gasteiger partial charge >= 0.3 is 0 Å². The SMILES string of the molecule is CC1(C)c2ccccc2-c2ccc(N(c3cccc4ccccc34)c3ccc(-c4ccc(N(c5ccccc5)c5ccc6ccccc6c5)cc4)c4ccccc34)cc21. The number of hydrogen-bond acceptors (Lipinski definition) is 2. The summed E-state index contributed by atoms with van der Waals surface area (Å²) in [6.45, 7) is 4.72. The van der Waals surface area contributed by atoms with E-state index in [-0.39, 0.29) is 5.41 Å². The van der Waals surface area contributed by atoms with Crippen molar-refractivity contribution in [1.82, 2.24) is 0 Å². The van der Waals surface area contributed by atoms with E-state index in [4.69, 9.17) is 0 Å². The second-order valence-electron chi connectivity index (χ2n) is 16.2. The number of para-hydroxylation sites is 1. The fourth-order valence-electron chi connectivity index (χ4n) is 9.50. The standard InChI is InChI=1S/C57H42N2/c1-57(2)53-25-13-12-23-50(53)51-34-33-46(38-54(51)57)59(55-26-14-18-40-16-8-9-21-48(40)55)56-36-35-47(49-22-10-11-24-52(49)56)41-28-30-44(31-29-41)58(43-19-4-3-5-20-43)45-32-27-39-15-6-7-17-42(39)37-45/h3-38H,1-2H3. The first-order valence-corrected chi connectivity index (χ1v) is 20.5. The zero-order chi connectivity index (χ0) is 39.5. The summed E-state index contributed by atoms with van der Waals surface area (Å²) < 4.78 is 0. The van der Waals surface area contributed by atoms with Crippen molar-refractivity contribution in [3.05, 3.63) is 230 Å². The normalized spacial score (nSPS) is 12.7. The topological polar surface area (TPSA) is 6.48 Å². The molecular formula is C57H42N2. The number of nitrogens with zero attached hydrogens (tertiary/aromatic N) is 2. The average molecular weight is 755 g/mol. The highest BCUT2D eigenvalue weighted by Gasteiger charge is 2.36. The highest BCUT2D eigenvalue weighted by Crippen LogP contribution is 2.52. The summed E-state index contributed by atoms with van der Waals surface area (Å²) in [6.07, 6.45) is 0. The monoisotopic (exact) mass is 754 g/mol. The lowest BCUT2D eigenvalue weighted by molar-refractivity contribution is 0.660. The van der Waals surface area contributed by atoms with Crippen molar-refractivity contribution < 1.29 is 0 Å². The average Bonchev–Trinajstić information content (AvgIpc) is 3.52. The van der Waals surface area contributed by atoms with Crippen molar-refractivity contribution >= 4 is 66.4 Å². The van der Waals surface area contributed by atoms with Crippen LogP contribution in [-0.4, -0.2) is 0 Å². The van der Waals surface area contributed by atoms with Crippen molar-refractivity contribution in [2.45, 2.75) is 19.3 Å². The van der Waals surface area contributed by atoms with Gasteiger partial charge in [-0.25, -0.2) is 0 Å². The lowest BCUT2D eigenvalue weighted by Crippen LogP contribution is -2.16. The van der Waals surface area contributed by atoms with Crippen molar-refractivity contribution in [2.75, 3.05) is 9.80 Å². The van der Waals surface area contributed by atoms with Crippen LogP contribution in [0.15, 0.2) is 218 Å². The van der Waals surface area contributed by atoms with Gasteiger partial charge in [0.05, 0.1) is 11.4 Å². The fourth-order valence-corrected chi connectivity index (χ4v) is 9.50. The summed E-state index contributed by atoms with van der Waals surface area (Å²) in [5, 5.41) is 7.31. The fraction of sp³-hybridized carbons (Fsp3) is 0.0526. The Labute approximate surface area is 345 Å². The molecular weight excluding hydrogens is 713 g/mol. The van der Waals surface area contributed by atoms with Crippen molar-refractivity contribution in [3.63, 3.8) is 0 Å². The highest BCUT2D eigenvalue weighted by molar-refractivity contribution is 6.09. The first-order chi connectivity index (χ1) is 29.0. The molecule has 2 heteroatoms. The van der Waals surface area contributed by atoms with Gasteiger partial charge in [0.15, 0.2) is 0 Å². The molecule has 11 rings (SSSR count). The lowest BCUT2D eigenvalue weighted by atomic mass is 9.82. The Morgan fingerprint density at radius 2 is 0.864 bits per heavy atom. The molecule has 280 valence electrons. The Morgan fingerprint density at radius 1 is 0.305 bits per heavy atom. The van der Waals surface area contributed by atoms with Crippen molar-refractivity contribution in [3.8, 4) is 22.3 Å². The molecule has 0 saturated carbocycles. The summed E-state index contributed by atoms with van der Waals surface area (Å²) in [5.41, 5.74) is 14.5. The molecule has 1 aliphatic carbocycles. The Balaban J connectivity index is 1.05. The maximum atomic E-state index is 2.48. The third kappa shape index (κ3) is 5.79. The quantitative estimate of drug-likeness (QED) is 0.160. The minimum absolute atomic E-state index is 0.116. The van der Waals surface area contributed by atoms with Crippen LogP contribution in [0.2, 0.25) is 0 Å². The largest absolute Gasteiger partial charge is 0.310 e. The first-order valence-electron chi connectivity index (χ1n) is 20.5. The Kier molecular flexibility index (Phi) is 8.20. The van der Waals surface area contributed by atoms with Gasteiger partial charge in [-0.3, -0.25) is 0 Å². The van der Waals surface area contributed by atoms with Crippen molar-refractivity contribution in [2.24, 2.45) is 0 Å². The molecule has 0 amide bonds. The number of fused-ring (bicyclic) bond motifs is 6. The molecule has 0 saturated heterocycles. The van der Waals surface area contributed by atoms with Crippen LogP contribution in [0.25, 0.3) is 54.6 Å². The summed E-state index contributed by atoms with van der Waals surface area (Å²) in [6, 6.07) is 79.9. The zero-order valence-electron chi connectivity index (χ0n) is 33.2. The third-order valence-electron chi connectivity index (χ3n) is 12.4. The summed E-state index contributed by atoms with van der Waals surface area (Å²) in [4.78, 5) is 4.83. The van der Waals surface area contributed by atoms with Crippen LogP contribution in [0.5, 0.6) is 0 Å². The van der Waals surface area contributed by atoms with E-state index in [9.17, 15) is 0 Å². The summed E-state index contributed by atoms with van der Waals surface area (Å²) >= 11 is 0. The van der Waals surface area contributed by atoms with Gasteiger partial charge in [-0.05, 0) is 116 Å². The second-order valence-corrected chi connectivity index (χ2v) is 16.2. The molecule has 10 aromatic rings. The molecule has 0 spiro atoms. The Morgan fingerprint density at radius 3 is 1.69 bits per heavy atom. The van der Waals surface area contributed by atoms with Crippen LogP contribution in [0, 0.1) is 0 Å². The van der Waals surface area contributed by atoms with Gasteiger partial charge in [-0.15, -0.1) is 0 Å². The summed E-state index contributed by atoms with van der Waals surface area (Å²) in [5.74, 6) is 0. The molecule has 59 heavy (non-hydrogen) atoms. The molecule has 0 radical (unpaired) electrons. The molecule has 0 aliphatic heterocycles. The van der Waals surface area contributed by atoms with Crippen LogP contribution < -0.4 is 9.80 Å². The van der Waals surface area contributed by atoms with Gasteiger partial charge in [0.25, 0.3) is 0 Å². The van der Waals surface area contributed by atoms with Gasteiger partial charge in [0.2, 0.25) is 0 Å². The molecule has 0 unspecified atom stereocenters. The Bertz CT molecular complexity index is 3190. The van der Waals surface area contributed by atoms with E-state index < -0.39 is 0 Å². The third-order valence-corrected chi connectivity index (χ3v) is 12.4. The van der Waals surface area contributed by atoms with Crippen LogP contribution in [-0.2, 0) is 5.41 Å². The van der Waals surface area contributed by atoms with Gasteiger partial charge < -0.3 is 9.80 Å². The minimum atomic E-state index is -0.116. The molecule has 0 atom stereocenters. The lowest BCUT2D eigenvalue weighted by Gasteiger charge is -2.30. The molecule has 0 bridgehead atoms. The number of hydrogen-bond donors (Lipinski definition) is 0. The Hall–Kier alpha value is -7.42. The van der Waals surface area contributed by atoms with Gasteiger partial charge in [-0.1, -0.05) is 172 Å².